The molecule has 3 rings (SSSR count). The summed E-state index contributed by atoms with van der Waals surface area (Å²) in [5.41, 5.74) is 3.46. The van der Waals surface area contributed by atoms with Gasteiger partial charge in [0.15, 0.2) is 0 Å². The largest absolute Gasteiger partial charge is 0.284 e. The molecule has 0 atom stereocenters. The third-order valence-corrected chi connectivity index (χ3v) is 4.26. The van der Waals surface area contributed by atoms with Crippen molar-refractivity contribution in [2.75, 3.05) is 0 Å². The van der Waals surface area contributed by atoms with Crippen molar-refractivity contribution >= 4 is 38.7 Å². The highest BCUT2D eigenvalue weighted by atomic mass is 79.9. The molecule has 0 N–H and O–H groups in total. The zero-order valence-corrected chi connectivity index (χ0v) is 12.1. The Morgan fingerprint density at radius 1 is 1.17 bits per heavy atom. The summed E-state index contributed by atoms with van der Waals surface area (Å²) >= 11 is 4.54. The van der Waals surface area contributed by atoms with Gasteiger partial charge in [0.1, 0.15) is 15.5 Å². The van der Waals surface area contributed by atoms with Crippen molar-refractivity contribution in [2.45, 2.75) is 0 Å². The topological polar surface area (TPSA) is 52.7 Å². The molecule has 18 heavy (non-hydrogen) atoms. The molecule has 0 spiro atoms. The molecule has 0 amide bonds. The van der Waals surface area contributed by atoms with E-state index in [0.717, 1.165) is 22.3 Å². The molecule has 0 saturated carbocycles. The van der Waals surface area contributed by atoms with E-state index < -0.39 is 0 Å². The van der Waals surface area contributed by atoms with Crippen molar-refractivity contribution in [3.63, 3.8) is 0 Å². The van der Waals surface area contributed by atoms with Crippen molar-refractivity contribution in [1.82, 2.24) is 18.1 Å². The zero-order valence-electron chi connectivity index (χ0n) is 9.72. The number of nitrogens with zero attached hydrogens (tertiary/aromatic N) is 4. The summed E-state index contributed by atoms with van der Waals surface area (Å²) in [6.45, 7) is 0. The van der Waals surface area contributed by atoms with Gasteiger partial charge in [0.2, 0.25) is 0 Å². The van der Waals surface area contributed by atoms with Crippen molar-refractivity contribution in [3.8, 4) is 11.3 Å². The van der Waals surface area contributed by atoms with Crippen molar-refractivity contribution in [3.05, 3.63) is 33.0 Å². The van der Waals surface area contributed by atoms with Crippen LogP contribution in [0.4, 0.5) is 0 Å². The normalized spacial score (nSPS) is 11.3. The van der Waals surface area contributed by atoms with E-state index in [0.29, 0.717) is 4.47 Å². The predicted octanol–water partition coefficient (Wildman–Crippen LogP) is 2.16. The maximum Gasteiger partial charge on any atom is 0.281 e. The van der Waals surface area contributed by atoms with Crippen molar-refractivity contribution < 1.29 is 0 Å². The smallest absolute Gasteiger partial charge is 0.281 e. The number of hydrogen-bond acceptors (Lipinski definition) is 4. The Kier molecular flexibility index (Phi) is 2.60. The lowest BCUT2D eigenvalue weighted by molar-refractivity contribution is 0.584. The van der Waals surface area contributed by atoms with E-state index in [1.54, 1.807) is 11.7 Å². The Bertz CT molecular complexity index is 801. The van der Waals surface area contributed by atoms with Gasteiger partial charge in [0, 0.05) is 19.7 Å². The van der Waals surface area contributed by atoms with Crippen LogP contribution < -0.4 is 5.56 Å². The fourth-order valence-corrected chi connectivity index (χ4v) is 3.17. The average Bonchev–Trinajstić information content (AvgIpc) is 2.90. The summed E-state index contributed by atoms with van der Waals surface area (Å²) in [6, 6.07) is 5.81. The Morgan fingerprint density at radius 3 is 2.56 bits per heavy atom. The average molecular weight is 325 g/mol. The van der Waals surface area contributed by atoms with E-state index in [1.807, 2.05) is 29.9 Å². The van der Waals surface area contributed by atoms with Crippen LogP contribution in [0.25, 0.3) is 22.3 Å². The lowest BCUT2D eigenvalue weighted by Gasteiger charge is -2.05. The van der Waals surface area contributed by atoms with E-state index in [-0.39, 0.29) is 5.56 Å². The van der Waals surface area contributed by atoms with Gasteiger partial charge in [-0.3, -0.25) is 14.2 Å². The molecular weight excluding hydrogens is 316 g/mol. The number of fused-ring (bicyclic) bond motifs is 1. The lowest BCUT2D eigenvalue weighted by atomic mass is 10.1. The SMILES string of the molecule is Cn1c(-c2ccc3nsnc3c2)c(Br)c(=O)n1C. The van der Waals surface area contributed by atoms with Crippen LogP contribution in [0.2, 0.25) is 0 Å². The first kappa shape index (κ1) is 11.6. The van der Waals surface area contributed by atoms with Crippen molar-refractivity contribution in [1.29, 1.82) is 0 Å². The summed E-state index contributed by atoms with van der Waals surface area (Å²) < 4.78 is 12.3. The second-order valence-corrected chi connectivity index (χ2v) is 5.30. The highest BCUT2D eigenvalue weighted by Crippen LogP contribution is 2.27. The first-order valence-corrected chi connectivity index (χ1v) is 6.76. The predicted molar refractivity (Wildman–Crippen MR) is 74.8 cm³/mol. The van der Waals surface area contributed by atoms with Gasteiger partial charge < -0.3 is 0 Å². The molecular formula is C11H9BrN4OS. The molecule has 0 aliphatic carbocycles. The zero-order chi connectivity index (χ0) is 12.9. The first-order chi connectivity index (χ1) is 8.59. The van der Waals surface area contributed by atoms with Crippen LogP contribution in [-0.2, 0) is 14.1 Å². The van der Waals surface area contributed by atoms with Gasteiger partial charge in [-0.25, -0.2) is 0 Å². The number of halogens is 1. The fourth-order valence-electron chi connectivity index (χ4n) is 1.91. The van der Waals surface area contributed by atoms with Gasteiger partial charge in [-0.05, 0) is 28.1 Å². The highest BCUT2D eigenvalue weighted by Gasteiger charge is 2.15. The summed E-state index contributed by atoms with van der Waals surface area (Å²) in [4.78, 5) is 11.9. The Hall–Kier alpha value is -1.47. The Balaban J connectivity index is 2.32. The van der Waals surface area contributed by atoms with E-state index in [4.69, 9.17) is 0 Å². The molecule has 2 heterocycles. The lowest BCUT2D eigenvalue weighted by Crippen LogP contribution is -2.17. The minimum atomic E-state index is -0.0519. The van der Waals surface area contributed by atoms with E-state index in [9.17, 15) is 4.79 Å². The second kappa shape index (κ2) is 4.03. The molecule has 3 aromatic rings. The van der Waals surface area contributed by atoms with Crippen LogP contribution in [0.3, 0.4) is 0 Å². The van der Waals surface area contributed by atoms with Crippen LogP contribution in [0.1, 0.15) is 0 Å². The maximum absolute atomic E-state index is 11.9. The molecule has 5 nitrogen and oxygen atoms in total. The molecule has 0 unspecified atom stereocenters. The Morgan fingerprint density at radius 2 is 1.89 bits per heavy atom. The van der Waals surface area contributed by atoms with Crippen LogP contribution >= 0.6 is 27.7 Å². The number of hydrogen-bond donors (Lipinski definition) is 0. The van der Waals surface area contributed by atoms with Gasteiger partial charge in [-0.2, -0.15) is 8.75 Å². The van der Waals surface area contributed by atoms with Gasteiger partial charge in [0.25, 0.3) is 5.56 Å². The van der Waals surface area contributed by atoms with E-state index in [1.165, 1.54) is 11.7 Å². The third kappa shape index (κ3) is 1.54. The van der Waals surface area contributed by atoms with Crippen LogP contribution in [-0.4, -0.2) is 18.1 Å². The molecule has 2 aromatic heterocycles. The van der Waals surface area contributed by atoms with Gasteiger partial charge in [0.05, 0.1) is 17.4 Å². The standard InChI is InChI=1S/C11H9BrN4OS/c1-15-10(9(12)11(17)16(15)2)6-3-4-7-8(5-6)14-18-13-7/h3-5H,1-2H3. The van der Waals surface area contributed by atoms with Gasteiger partial charge in [-0.1, -0.05) is 6.07 Å². The minimum absolute atomic E-state index is 0.0519. The molecule has 1 aromatic carbocycles. The van der Waals surface area contributed by atoms with Crippen LogP contribution in [0.15, 0.2) is 27.5 Å². The monoisotopic (exact) mass is 324 g/mol. The summed E-state index contributed by atoms with van der Waals surface area (Å²) in [7, 11) is 3.59. The molecule has 0 fully saturated rings. The second-order valence-electron chi connectivity index (χ2n) is 3.98. The van der Waals surface area contributed by atoms with Crippen LogP contribution in [0.5, 0.6) is 0 Å². The van der Waals surface area contributed by atoms with Gasteiger partial charge in [-0.15, -0.1) is 0 Å². The molecule has 0 aliphatic rings. The number of benzene rings is 1. The number of aromatic nitrogens is 4. The maximum atomic E-state index is 11.9. The van der Waals surface area contributed by atoms with Crippen LogP contribution in [0, 0.1) is 0 Å². The minimum Gasteiger partial charge on any atom is -0.284 e. The summed E-state index contributed by atoms with van der Waals surface area (Å²) in [5.74, 6) is 0. The molecule has 0 bridgehead atoms. The first-order valence-electron chi connectivity index (χ1n) is 5.24. The molecule has 7 heteroatoms. The summed E-state index contributed by atoms with van der Waals surface area (Å²) in [6.07, 6.45) is 0. The number of rotatable bonds is 1. The molecule has 92 valence electrons. The highest BCUT2D eigenvalue weighted by molar-refractivity contribution is 9.10. The molecule has 0 radical (unpaired) electrons. The molecule has 0 aliphatic heterocycles. The van der Waals surface area contributed by atoms with E-state index >= 15 is 0 Å². The van der Waals surface area contributed by atoms with Crippen molar-refractivity contribution in [2.24, 2.45) is 14.1 Å². The van der Waals surface area contributed by atoms with E-state index in [2.05, 4.69) is 24.7 Å². The Labute approximate surface area is 115 Å². The third-order valence-electron chi connectivity index (χ3n) is 2.99. The quantitative estimate of drug-likeness (QED) is 0.689. The summed E-state index contributed by atoms with van der Waals surface area (Å²) in [5, 5.41) is 0. The molecule has 0 saturated heterocycles. The fraction of sp³-hybridized carbons (Fsp3) is 0.182. The van der Waals surface area contributed by atoms with Gasteiger partial charge >= 0.3 is 0 Å².